The molecule has 0 radical (unpaired) electrons. The minimum absolute atomic E-state index is 0.0635. The zero-order valence-corrected chi connectivity index (χ0v) is 19.2. The molecular weight excluding hydrogens is 417 g/mol. The van der Waals surface area contributed by atoms with Crippen LogP contribution in [0.25, 0.3) is 11.1 Å². The molecule has 2 aromatic heterocycles. The zero-order chi connectivity index (χ0) is 23.2. The van der Waals surface area contributed by atoms with Crippen LogP contribution in [0.2, 0.25) is 0 Å². The monoisotopic (exact) mass is 447 g/mol. The van der Waals surface area contributed by atoms with Crippen molar-refractivity contribution < 1.29 is 13.9 Å². The van der Waals surface area contributed by atoms with Gasteiger partial charge in [0.05, 0.1) is 12.8 Å². The molecule has 172 valence electrons. The number of likely N-dealkylation sites (tertiary alicyclic amines) is 1. The Morgan fingerprint density at radius 2 is 2.00 bits per heavy atom. The Morgan fingerprint density at radius 3 is 2.73 bits per heavy atom. The van der Waals surface area contributed by atoms with E-state index in [0.29, 0.717) is 12.5 Å². The van der Waals surface area contributed by atoms with Crippen LogP contribution in [-0.4, -0.2) is 40.0 Å². The lowest BCUT2D eigenvalue weighted by atomic mass is 9.86. The Balaban J connectivity index is 1.58. The number of rotatable bonds is 7. The van der Waals surface area contributed by atoms with E-state index >= 15 is 0 Å². The Labute approximate surface area is 194 Å². The number of hydrogen-bond acceptors (Lipinski definition) is 4. The van der Waals surface area contributed by atoms with E-state index in [0.717, 1.165) is 60.7 Å². The van der Waals surface area contributed by atoms with E-state index in [9.17, 15) is 9.18 Å². The summed E-state index contributed by atoms with van der Waals surface area (Å²) in [6, 6.07) is 12.9. The van der Waals surface area contributed by atoms with Crippen molar-refractivity contribution in [2.45, 2.75) is 45.6 Å². The van der Waals surface area contributed by atoms with Gasteiger partial charge in [0.15, 0.2) is 0 Å². The number of aryl methyl sites for hydroxylation is 1. The van der Waals surface area contributed by atoms with Crippen LogP contribution in [-0.2, 0) is 0 Å². The van der Waals surface area contributed by atoms with Gasteiger partial charge in [-0.25, -0.2) is 9.37 Å². The molecule has 1 amide bonds. The third-order valence-electron chi connectivity index (χ3n) is 6.31. The molecule has 2 atom stereocenters. The lowest BCUT2D eigenvalue weighted by Crippen LogP contribution is -2.50. The topological polar surface area (TPSA) is 55.3 Å². The molecule has 0 bridgehead atoms. The van der Waals surface area contributed by atoms with Crippen molar-refractivity contribution in [1.29, 1.82) is 0 Å². The Bertz CT molecular complexity index is 1070. The summed E-state index contributed by atoms with van der Waals surface area (Å²) in [7, 11) is 0. The van der Waals surface area contributed by atoms with Gasteiger partial charge in [-0.05, 0) is 61.6 Å². The highest BCUT2D eigenvalue weighted by Crippen LogP contribution is 2.32. The fourth-order valence-corrected chi connectivity index (χ4v) is 4.68. The summed E-state index contributed by atoms with van der Waals surface area (Å²) in [4.78, 5) is 24.1. The summed E-state index contributed by atoms with van der Waals surface area (Å²) in [5.41, 5.74) is 3.70. The maximum atomic E-state index is 13.9. The number of carbonyl (C=O) groups excluding carboxylic acids is 1. The van der Waals surface area contributed by atoms with Gasteiger partial charge in [0.25, 0.3) is 5.91 Å². The summed E-state index contributed by atoms with van der Waals surface area (Å²) in [6.07, 6.45) is 8.46. The van der Waals surface area contributed by atoms with Crippen molar-refractivity contribution in [3.05, 3.63) is 78.0 Å². The lowest BCUT2D eigenvalue weighted by Gasteiger charge is -2.41. The van der Waals surface area contributed by atoms with E-state index in [1.807, 2.05) is 42.2 Å². The molecule has 5 nitrogen and oxygen atoms in total. The van der Waals surface area contributed by atoms with Gasteiger partial charge in [-0.15, -0.1) is 0 Å². The van der Waals surface area contributed by atoms with E-state index in [2.05, 4.69) is 16.9 Å². The first-order chi connectivity index (χ1) is 16.1. The highest BCUT2D eigenvalue weighted by atomic mass is 19.1. The fraction of sp³-hybridized carbons (Fsp3) is 0.370. The number of nitrogens with zero attached hydrogens (tertiary/aromatic N) is 3. The highest BCUT2D eigenvalue weighted by Gasteiger charge is 2.35. The van der Waals surface area contributed by atoms with Gasteiger partial charge in [-0.2, -0.15) is 0 Å². The molecule has 1 saturated heterocycles. The molecule has 1 unspecified atom stereocenters. The average molecular weight is 448 g/mol. The predicted octanol–water partition coefficient (Wildman–Crippen LogP) is 5.69. The van der Waals surface area contributed by atoms with Gasteiger partial charge in [-0.3, -0.25) is 9.78 Å². The number of halogens is 1. The smallest absolute Gasteiger partial charge is 0.254 e. The summed E-state index contributed by atoms with van der Waals surface area (Å²) in [5, 5.41) is 0. The van der Waals surface area contributed by atoms with Gasteiger partial charge < -0.3 is 9.64 Å². The molecule has 0 spiro atoms. The lowest BCUT2D eigenvalue weighted by molar-refractivity contribution is 0.0378. The first-order valence-electron chi connectivity index (χ1n) is 11.6. The van der Waals surface area contributed by atoms with Crippen molar-refractivity contribution in [3.63, 3.8) is 0 Å². The average Bonchev–Trinajstić information content (AvgIpc) is 2.84. The summed E-state index contributed by atoms with van der Waals surface area (Å²) < 4.78 is 19.1. The van der Waals surface area contributed by atoms with Crippen LogP contribution in [0.15, 0.2) is 61.1 Å². The van der Waals surface area contributed by atoms with Crippen LogP contribution in [0.5, 0.6) is 5.88 Å². The van der Waals surface area contributed by atoms with Crippen LogP contribution in [0, 0.1) is 18.7 Å². The summed E-state index contributed by atoms with van der Waals surface area (Å²) in [5.74, 6) is 0.287. The number of piperidine rings is 1. The number of benzene rings is 1. The Morgan fingerprint density at radius 1 is 1.18 bits per heavy atom. The second-order valence-electron chi connectivity index (χ2n) is 8.67. The second-order valence-corrected chi connectivity index (χ2v) is 8.67. The van der Waals surface area contributed by atoms with E-state index in [-0.39, 0.29) is 23.7 Å². The largest absolute Gasteiger partial charge is 0.477 e. The highest BCUT2D eigenvalue weighted by molar-refractivity contribution is 6.01. The second kappa shape index (κ2) is 10.6. The van der Waals surface area contributed by atoms with Crippen LogP contribution in [0.4, 0.5) is 4.39 Å². The van der Waals surface area contributed by atoms with E-state index in [4.69, 9.17) is 4.74 Å². The standard InChI is InChI=1S/C27H30FN3O2/c1-3-5-25-21(18-33-26-10-8-22(28)17-30-26)6-4-15-31(25)27(32)24-16-19(2)7-9-23(24)20-11-13-29-14-12-20/h7-14,16-17,21,25H,3-6,15,18H2,1-2H3/t21-,25?/m1/s1. The van der Waals surface area contributed by atoms with Gasteiger partial charge in [-0.1, -0.05) is 31.0 Å². The molecule has 1 aliphatic heterocycles. The van der Waals surface area contributed by atoms with E-state index in [1.165, 1.54) is 6.07 Å². The van der Waals surface area contributed by atoms with Gasteiger partial charge in [0.1, 0.15) is 5.82 Å². The fourth-order valence-electron chi connectivity index (χ4n) is 4.68. The molecule has 3 aromatic rings. The van der Waals surface area contributed by atoms with Crippen molar-refractivity contribution in [2.75, 3.05) is 13.2 Å². The molecule has 6 heteroatoms. The van der Waals surface area contributed by atoms with Crippen LogP contribution >= 0.6 is 0 Å². The molecule has 0 aliphatic carbocycles. The molecule has 1 aliphatic rings. The SMILES string of the molecule is CCCC1[C@@H](COc2ccc(F)cn2)CCCN1C(=O)c1cc(C)ccc1-c1ccncc1. The van der Waals surface area contributed by atoms with E-state index in [1.54, 1.807) is 18.5 Å². The van der Waals surface area contributed by atoms with E-state index < -0.39 is 0 Å². The number of carbonyl (C=O) groups is 1. The van der Waals surface area contributed by atoms with Crippen molar-refractivity contribution >= 4 is 5.91 Å². The van der Waals surface area contributed by atoms with Crippen molar-refractivity contribution in [3.8, 4) is 17.0 Å². The number of aromatic nitrogens is 2. The molecule has 33 heavy (non-hydrogen) atoms. The first kappa shape index (κ1) is 22.9. The van der Waals surface area contributed by atoms with Gasteiger partial charge in [0.2, 0.25) is 5.88 Å². The third-order valence-corrected chi connectivity index (χ3v) is 6.31. The van der Waals surface area contributed by atoms with Crippen molar-refractivity contribution in [1.82, 2.24) is 14.9 Å². The van der Waals surface area contributed by atoms with Gasteiger partial charge in [0, 0.05) is 42.5 Å². The van der Waals surface area contributed by atoms with Gasteiger partial charge >= 0.3 is 0 Å². The summed E-state index contributed by atoms with van der Waals surface area (Å²) >= 11 is 0. The number of pyridine rings is 2. The van der Waals surface area contributed by atoms with Crippen LogP contribution in [0.3, 0.4) is 0 Å². The maximum absolute atomic E-state index is 13.9. The molecular formula is C27H30FN3O2. The molecule has 3 heterocycles. The van der Waals surface area contributed by atoms with Crippen molar-refractivity contribution in [2.24, 2.45) is 5.92 Å². The van der Waals surface area contributed by atoms with Crippen LogP contribution < -0.4 is 4.74 Å². The number of hydrogen-bond donors (Lipinski definition) is 0. The normalized spacial score (nSPS) is 18.2. The quantitative estimate of drug-likeness (QED) is 0.467. The number of ether oxygens (including phenoxy) is 1. The zero-order valence-electron chi connectivity index (χ0n) is 19.2. The summed E-state index contributed by atoms with van der Waals surface area (Å²) in [6.45, 7) is 5.35. The number of amides is 1. The third kappa shape index (κ3) is 5.38. The minimum Gasteiger partial charge on any atom is -0.477 e. The predicted molar refractivity (Wildman–Crippen MR) is 127 cm³/mol. The molecule has 0 saturated carbocycles. The maximum Gasteiger partial charge on any atom is 0.254 e. The molecule has 1 aromatic carbocycles. The van der Waals surface area contributed by atoms with Crippen LogP contribution in [0.1, 0.15) is 48.5 Å². The molecule has 4 rings (SSSR count). The Hall–Kier alpha value is -3.28. The Kier molecular flexibility index (Phi) is 7.33. The molecule has 1 fully saturated rings. The minimum atomic E-state index is -0.385. The molecule has 0 N–H and O–H groups in total. The first-order valence-corrected chi connectivity index (χ1v) is 11.6.